The molecule has 0 amide bonds. The molecule has 1 heterocycles. The molecule has 1 aromatic heterocycles. The lowest BCUT2D eigenvalue weighted by atomic mass is 10.1. The van der Waals surface area contributed by atoms with E-state index in [1.54, 1.807) is 12.3 Å². The highest BCUT2D eigenvalue weighted by Crippen LogP contribution is 2.19. The molecular formula is C13H12F2N2. The average Bonchev–Trinajstić information content (AvgIpc) is 2.34. The van der Waals surface area contributed by atoms with Crippen LogP contribution in [0.15, 0.2) is 36.5 Å². The Balaban J connectivity index is 2.30. The third kappa shape index (κ3) is 2.65. The van der Waals surface area contributed by atoms with Gasteiger partial charge in [-0.05, 0) is 42.8 Å². The second-order valence-electron chi connectivity index (χ2n) is 3.72. The number of benzene rings is 1. The summed E-state index contributed by atoms with van der Waals surface area (Å²) in [6.07, 6.45) is 2.45. The number of rotatable bonds is 3. The second-order valence-corrected chi connectivity index (χ2v) is 3.72. The van der Waals surface area contributed by atoms with Crippen molar-refractivity contribution in [3.05, 3.63) is 53.7 Å². The minimum atomic E-state index is -0.865. The Morgan fingerprint density at radius 1 is 1.06 bits per heavy atom. The zero-order chi connectivity index (χ0) is 12.3. The Morgan fingerprint density at radius 2 is 1.88 bits per heavy atom. The van der Waals surface area contributed by atoms with Gasteiger partial charge >= 0.3 is 0 Å². The van der Waals surface area contributed by atoms with Crippen molar-refractivity contribution >= 4 is 0 Å². The molecule has 4 heteroatoms. The summed E-state index contributed by atoms with van der Waals surface area (Å²) in [7, 11) is 0. The Morgan fingerprint density at radius 3 is 2.47 bits per heavy atom. The van der Waals surface area contributed by atoms with E-state index in [4.69, 9.17) is 5.73 Å². The van der Waals surface area contributed by atoms with Crippen LogP contribution in [0.25, 0.3) is 11.3 Å². The molecule has 0 aliphatic carbocycles. The van der Waals surface area contributed by atoms with Gasteiger partial charge in [0.2, 0.25) is 0 Å². The molecule has 2 rings (SSSR count). The van der Waals surface area contributed by atoms with Gasteiger partial charge in [-0.2, -0.15) is 0 Å². The zero-order valence-corrected chi connectivity index (χ0v) is 9.16. The summed E-state index contributed by atoms with van der Waals surface area (Å²) in [6, 6.07) is 7.40. The number of halogens is 2. The molecule has 1 aromatic carbocycles. The van der Waals surface area contributed by atoms with Crippen LogP contribution >= 0.6 is 0 Å². The van der Waals surface area contributed by atoms with Gasteiger partial charge in [-0.3, -0.25) is 4.98 Å². The summed E-state index contributed by atoms with van der Waals surface area (Å²) < 4.78 is 25.8. The highest BCUT2D eigenvalue weighted by Gasteiger charge is 2.05. The molecule has 0 unspecified atom stereocenters. The maximum Gasteiger partial charge on any atom is 0.159 e. The van der Waals surface area contributed by atoms with E-state index >= 15 is 0 Å². The Bertz CT molecular complexity index is 509. The highest BCUT2D eigenvalue weighted by molar-refractivity contribution is 5.59. The summed E-state index contributed by atoms with van der Waals surface area (Å²) in [5, 5.41) is 0. The van der Waals surface area contributed by atoms with Crippen molar-refractivity contribution in [3.8, 4) is 11.3 Å². The summed E-state index contributed by atoms with van der Waals surface area (Å²) in [4.78, 5) is 4.19. The molecule has 0 radical (unpaired) electrons. The Kier molecular flexibility index (Phi) is 3.44. The van der Waals surface area contributed by atoms with Crippen molar-refractivity contribution < 1.29 is 8.78 Å². The predicted molar refractivity (Wildman–Crippen MR) is 62.3 cm³/mol. The molecule has 2 nitrogen and oxygen atoms in total. The molecule has 0 spiro atoms. The molecule has 0 atom stereocenters. The van der Waals surface area contributed by atoms with E-state index in [1.807, 2.05) is 6.07 Å². The average molecular weight is 234 g/mol. The van der Waals surface area contributed by atoms with E-state index in [-0.39, 0.29) is 0 Å². The zero-order valence-electron chi connectivity index (χ0n) is 9.16. The fourth-order valence-electron chi connectivity index (χ4n) is 1.57. The van der Waals surface area contributed by atoms with E-state index in [1.165, 1.54) is 6.07 Å². The number of hydrogen-bond acceptors (Lipinski definition) is 2. The summed E-state index contributed by atoms with van der Waals surface area (Å²) in [5.41, 5.74) is 7.63. The van der Waals surface area contributed by atoms with Gasteiger partial charge in [0.05, 0.1) is 5.69 Å². The van der Waals surface area contributed by atoms with Crippen LogP contribution in [0, 0.1) is 11.6 Å². The molecular weight excluding hydrogens is 222 g/mol. The first-order valence-corrected chi connectivity index (χ1v) is 5.31. The number of nitrogens with two attached hydrogens (primary N) is 1. The van der Waals surface area contributed by atoms with Gasteiger partial charge < -0.3 is 5.73 Å². The van der Waals surface area contributed by atoms with E-state index in [9.17, 15) is 8.78 Å². The van der Waals surface area contributed by atoms with Crippen molar-refractivity contribution in [1.29, 1.82) is 0 Å². The number of pyridine rings is 1. The molecule has 0 aliphatic rings. The normalized spacial score (nSPS) is 10.5. The molecule has 0 bridgehead atoms. The van der Waals surface area contributed by atoms with Gasteiger partial charge in [-0.1, -0.05) is 6.07 Å². The Hall–Kier alpha value is -1.81. The number of hydrogen-bond donors (Lipinski definition) is 1. The van der Waals surface area contributed by atoms with Crippen molar-refractivity contribution in [2.45, 2.75) is 6.42 Å². The molecule has 0 aliphatic heterocycles. The van der Waals surface area contributed by atoms with Crippen LogP contribution in [0.1, 0.15) is 5.56 Å². The van der Waals surface area contributed by atoms with Crippen LogP contribution < -0.4 is 5.73 Å². The summed E-state index contributed by atoms with van der Waals surface area (Å²) in [5.74, 6) is -1.72. The van der Waals surface area contributed by atoms with E-state index in [0.29, 0.717) is 17.8 Å². The van der Waals surface area contributed by atoms with Gasteiger partial charge in [0.15, 0.2) is 11.6 Å². The number of aromatic nitrogens is 1. The van der Waals surface area contributed by atoms with Crippen LogP contribution in [0.3, 0.4) is 0 Å². The van der Waals surface area contributed by atoms with Crippen molar-refractivity contribution in [2.75, 3.05) is 6.54 Å². The monoisotopic (exact) mass is 234 g/mol. The van der Waals surface area contributed by atoms with Gasteiger partial charge in [0, 0.05) is 11.8 Å². The smallest absolute Gasteiger partial charge is 0.159 e. The Labute approximate surface area is 98.1 Å². The first kappa shape index (κ1) is 11.7. The first-order chi connectivity index (χ1) is 8.20. The van der Waals surface area contributed by atoms with Crippen molar-refractivity contribution in [1.82, 2.24) is 4.98 Å². The van der Waals surface area contributed by atoms with Crippen LogP contribution in [0.2, 0.25) is 0 Å². The summed E-state index contributed by atoms with van der Waals surface area (Å²) in [6.45, 7) is 0.562. The number of nitrogens with zero attached hydrogens (tertiary/aromatic N) is 1. The quantitative estimate of drug-likeness (QED) is 0.886. The largest absolute Gasteiger partial charge is 0.330 e. The fourth-order valence-corrected chi connectivity index (χ4v) is 1.57. The van der Waals surface area contributed by atoms with E-state index in [2.05, 4.69) is 4.98 Å². The molecule has 0 fully saturated rings. The first-order valence-electron chi connectivity index (χ1n) is 5.31. The van der Waals surface area contributed by atoms with E-state index in [0.717, 1.165) is 24.1 Å². The third-order valence-corrected chi connectivity index (χ3v) is 2.47. The van der Waals surface area contributed by atoms with Crippen molar-refractivity contribution in [2.24, 2.45) is 5.73 Å². The highest BCUT2D eigenvalue weighted by atomic mass is 19.2. The molecule has 88 valence electrons. The second kappa shape index (κ2) is 5.01. The maximum absolute atomic E-state index is 13.0. The van der Waals surface area contributed by atoms with Crippen LogP contribution in [0.4, 0.5) is 8.78 Å². The minimum Gasteiger partial charge on any atom is -0.330 e. The van der Waals surface area contributed by atoms with Gasteiger partial charge in [-0.25, -0.2) is 8.78 Å². The third-order valence-electron chi connectivity index (χ3n) is 2.47. The molecule has 0 saturated heterocycles. The standard InChI is InChI=1S/C13H12F2N2/c14-11-3-2-10(7-12(11)15)13-4-1-9(5-6-16)8-17-13/h1-4,7-8H,5-6,16H2. The lowest BCUT2D eigenvalue weighted by Crippen LogP contribution is -2.02. The van der Waals surface area contributed by atoms with Crippen LogP contribution in [-0.4, -0.2) is 11.5 Å². The van der Waals surface area contributed by atoms with Crippen LogP contribution in [0.5, 0.6) is 0 Å². The van der Waals surface area contributed by atoms with Crippen LogP contribution in [-0.2, 0) is 6.42 Å². The topological polar surface area (TPSA) is 38.9 Å². The lowest BCUT2D eigenvalue weighted by Gasteiger charge is -2.03. The molecule has 0 saturated carbocycles. The minimum absolute atomic E-state index is 0.559. The van der Waals surface area contributed by atoms with Gasteiger partial charge in [0.1, 0.15) is 0 Å². The van der Waals surface area contributed by atoms with Gasteiger partial charge in [-0.15, -0.1) is 0 Å². The summed E-state index contributed by atoms with van der Waals surface area (Å²) >= 11 is 0. The predicted octanol–water partition coefficient (Wildman–Crippen LogP) is 2.53. The van der Waals surface area contributed by atoms with E-state index < -0.39 is 11.6 Å². The maximum atomic E-state index is 13.0. The van der Waals surface area contributed by atoms with Crippen molar-refractivity contribution in [3.63, 3.8) is 0 Å². The molecule has 17 heavy (non-hydrogen) atoms. The molecule has 2 N–H and O–H groups in total. The van der Waals surface area contributed by atoms with Gasteiger partial charge in [0.25, 0.3) is 0 Å². The lowest BCUT2D eigenvalue weighted by molar-refractivity contribution is 0.509. The fraction of sp³-hybridized carbons (Fsp3) is 0.154. The SMILES string of the molecule is NCCc1ccc(-c2ccc(F)c(F)c2)nc1. The molecule has 2 aromatic rings.